The van der Waals surface area contributed by atoms with Crippen LogP contribution in [0, 0.1) is 5.82 Å². The molecule has 0 bridgehead atoms. The number of carbonyl (C=O) groups is 1. The number of halogens is 1. The molecule has 0 aliphatic rings. The summed E-state index contributed by atoms with van der Waals surface area (Å²) in [6, 6.07) is 6.61. The predicted molar refractivity (Wildman–Crippen MR) is 64.0 cm³/mol. The molecule has 90 valence electrons. The van der Waals surface area contributed by atoms with Crippen LogP contribution in [0.4, 0.5) is 9.18 Å². The monoisotopic (exact) mass is 235 g/mol. The highest BCUT2D eigenvalue weighted by molar-refractivity contribution is 5.91. The molecule has 0 radical (unpaired) electrons. The molecule has 0 saturated heterocycles. The summed E-state index contributed by atoms with van der Waals surface area (Å²) < 4.78 is 15.3. The summed E-state index contributed by atoms with van der Waals surface area (Å²) in [5.74, 6) is -0.449. The third-order valence-corrected chi connectivity index (χ3v) is 2.71. The summed E-state index contributed by atoms with van der Waals surface area (Å²) >= 11 is 0. The number of hydrogen-bond acceptors (Lipinski definition) is 1. The number of para-hydroxylation sites is 1. The molecule has 0 aliphatic heterocycles. The molecule has 0 unspecified atom stereocenters. The van der Waals surface area contributed by atoms with E-state index in [0.29, 0.717) is 10.9 Å². The molecule has 0 amide bonds. The van der Waals surface area contributed by atoms with Crippen molar-refractivity contribution in [3.8, 4) is 0 Å². The van der Waals surface area contributed by atoms with Gasteiger partial charge in [-0.1, -0.05) is 32.9 Å². The molecule has 17 heavy (non-hydrogen) atoms. The van der Waals surface area contributed by atoms with Crippen molar-refractivity contribution in [3.05, 3.63) is 35.8 Å². The van der Waals surface area contributed by atoms with Crippen LogP contribution < -0.4 is 0 Å². The first-order valence-corrected chi connectivity index (χ1v) is 5.36. The van der Waals surface area contributed by atoms with Gasteiger partial charge in [0.15, 0.2) is 5.82 Å². The van der Waals surface area contributed by atoms with Crippen molar-refractivity contribution in [3.63, 3.8) is 0 Å². The molecule has 0 saturated carbocycles. The Morgan fingerprint density at radius 2 is 1.88 bits per heavy atom. The number of rotatable bonds is 0. The highest BCUT2D eigenvalue weighted by Crippen LogP contribution is 2.32. The number of nitrogens with zero attached hydrogens (tertiary/aromatic N) is 1. The molecule has 1 N–H and O–H groups in total. The summed E-state index contributed by atoms with van der Waals surface area (Å²) in [6.07, 6.45) is -1.16. The minimum atomic E-state index is -1.16. The van der Waals surface area contributed by atoms with Crippen molar-refractivity contribution in [1.82, 2.24) is 4.57 Å². The van der Waals surface area contributed by atoms with E-state index in [1.807, 2.05) is 0 Å². The second-order valence-corrected chi connectivity index (χ2v) is 5.05. The minimum Gasteiger partial charge on any atom is -0.464 e. The fraction of sp³-hybridized carbons (Fsp3) is 0.308. The Labute approximate surface area is 98.5 Å². The summed E-state index contributed by atoms with van der Waals surface area (Å²) in [5.41, 5.74) is 0.0234. The molecule has 0 aliphatic carbocycles. The molecule has 4 heteroatoms. The average Bonchev–Trinajstić information content (AvgIpc) is 2.52. The first-order chi connectivity index (χ1) is 7.84. The van der Waals surface area contributed by atoms with Crippen LogP contribution in [-0.4, -0.2) is 15.8 Å². The first-order valence-electron chi connectivity index (χ1n) is 5.36. The van der Waals surface area contributed by atoms with Gasteiger partial charge in [0, 0.05) is 10.8 Å². The van der Waals surface area contributed by atoms with Gasteiger partial charge in [-0.25, -0.2) is 13.8 Å². The van der Waals surface area contributed by atoms with E-state index >= 15 is 0 Å². The number of aromatic nitrogens is 1. The molecule has 0 fully saturated rings. The van der Waals surface area contributed by atoms with Crippen LogP contribution in [0.2, 0.25) is 0 Å². The fourth-order valence-corrected chi connectivity index (χ4v) is 2.06. The van der Waals surface area contributed by atoms with Crippen LogP contribution >= 0.6 is 0 Å². The molecule has 2 rings (SSSR count). The van der Waals surface area contributed by atoms with Gasteiger partial charge in [0.2, 0.25) is 0 Å². The van der Waals surface area contributed by atoms with Gasteiger partial charge in [0.25, 0.3) is 0 Å². The molecule has 3 nitrogen and oxygen atoms in total. The van der Waals surface area contributed by atoms with E-state index in [1.165, 1.54) is 0 Å². The van der Waals surface area contributed by atoms with E-state index in [0.717, 1.165) is 4.57 Å². The fourth-order valence-electron chi connectivity index (χ4n) is 2.06. The maximum atomic E-state index is 14.3. The van der Waals surface area contributed by atoms with Gasteiger partial charge in [-0.05, 0) is 12.1 Å². The zero-order chi connectivity index (χ0) is 12.8. The second-order valence-electron chi connectivity index (χ2n) is 5.05. The van der Waals surface area contributed by atoms with Crippen LogP contribution in [0.25, 0.3) is 10.9 Å². The van der Waals surface area contributed by atoms with Crippen LogP contribution in [0.1, 0.15) is 26.5 Å². The summed E-state index contributed by atoms with van der Waals surface area (Å²) in [4.78, 5) is 11.3. The lowest BCUT2D eigenvalue weighted by atomic mass is 9.91. The average molecular weight is 235 g/mol. The lowest BCUT2D eigenvalue weighted by Gasteiger charge is -2.19. The van der Waals surface area contributed by atoms with Gasteiger partial charge in [-0.2, -0.15) is 0 Å². The SMILES string of the molecule is CC(C)(C)c1c(F)c2ccccc2n1C(=O)O. The van der Waals surface area contributed by atoms with E-state index < -0.39 is 17.3 Å². The zero-order valence-corrected chi connectivity index (χ0v) is 9.99. The lowest BCUT2D eigenvalue weighted by molar-refractivity contribution is 0.195. The van der Waals surface area contributed by atoms with Gasteiger partial charge >= 0.3 is 6.09 Å². The van der Waals surface area contributed by atoms with E-state index in [2.05, 4.69) is 0 Å². The number of fused-ring (bicyclic) bond motifs is 1. The minimum absolute atomic E-state index is 0.200. The number of benzene rings is 1. The summed E-state index contributed by atoms with van der Waals surface area (Å²) in [7, 11) is 0. The normalized spacial score (nSPS) is 12.0. The van der Waals surface area contributed by atoms with Gasteiger partial charge in [-0.15, -0.1) is 0 Å². The largest absolute Gasteiger partial charge is 0.464 e. The Bertz CT molecular complexity index is 593. The smallest absolute Gasteiger partial charge is 0.416 e. The van der Waals surface area contributed by atoms with Crippen molar-refractivity contribution in [2.24, 2.45) is 0 Å². The van der Waals surface area contributed by atoms with Crippen molar-refractivity contribution in [1.29, 1.82) is 0 Å². The van der Waals surface area contributed by atoms with Gasteiger partial charge in [-0.3, -0.25) is 0 Å². The van der Waals surface area contributed by atoms with Crippen LogP contribution in [0.15, 0.2) is 24.3 Å². The van der Waals surface area contributed by atoms with Gasteiger partial charge in [0.05, 0.1) is 11.2 Å². The third kappa shape index (κ3) is 1.69. The molecule has 1 heterocycles. The Kier molecular flexibility index (Phi) is 2.45. The Hall–Kier alpha value is -1.84. The third-order valence-electron chi connectivity index (χ3n) is 2.71. The van der Waals surface area contributed by atoms with Crippen molar-refractivity contribution >= 4 is 17.0 Å². The summed E-state index contributed by atoms with van der Waals surface area (Å²) in [6.45, 7) is 5.39. The predicted octanol–water partition coefficient (Wildman–Crippen LogP) is 3.60. The quantitative estimate of drug-likeness (QED) is 0.758. The highest BCUT2D eigenvalue weighted by Gasteiger charge is 2.29. The maximum absolute atomic E-state index is 14.3. The van der Waals surface area contributed by atoms with E-state index in [-0.39, 0.29) is 5.69 Å². The molecule has 1 aromatic heterocycles. The van der Waals surface area contributed by atoms with Crippen molar-refractivity contribution in [2.75, 3.05) is 0 Å². The number of carboxylic acid groups (broad SMARTS) is 1. The van der Waals surface area contributed by atoms with Crippen LogP contribution in [0.5, 0.6) is 0 Å². The Morgan fingerprint density at radius 1 is 1.29 bits per heavy atom. The molecule has 1 aromatic carbocycles. The van der Waals surface area contributed by atoms with E-state index in [1.54, 1.807) is 45.0 Å². The van der Waals surface area contributed by atoms with Crippen molar-refractivity contribution < 1.29 is 14.3 Å². The van der Waals surface area contributed by atoms with Crippen LogP contribution in [-0.2, 0) is 5.41 Å². The molecule has 2 aromatic rings. The first kappa shape index (κ1) is 11.6. The van der Waals surface area contributed by atoms with E-state index in [9.17, 15) is 14.3 Å². The Morgan fingerprint density at radius 3 is 2.41 bits per heavy atom. The zero-order valence-electron chi connectivity index (χ0n) is 9.99. The molecular formula is C13H14FNO2. The lowest BCUT2D eigenvalue weighted by Crippen LogP contribution is -2.22. The highest BCUT2D eigenvalue weighted by atomic mass is 19.1. The van der Waals surface area contributed by atoms with Gasteiger partial charge in [0.1, 0.15) is 0 Å². The topological polar surface area (TPSA) is 42.2 Å². The van der Waals surface area contributed by atoms with Crippen molar-refractivity contribution in [2.45, 2.75) is 26.2 Å². The van der Waals surface area contributed by atoms with E-state index in [4.69, 9.17) is 0 Å². The standard InChI is InChI=1S/C13H14FNO2/c1-13(2,3)11-10(14)8-6-4-5-7-9(8)15(11)12(16)17/h4-7H,1-3H3,(H,16,17). The molecular weight excluding hydrogens is 221 g/mol. The summed E-state index contributed by atoms with van der Waals surface area (Å²) in [5, 5.41) is 9.58. The van der Waals surface area contributed by atoms with Crippen LogP contribution in [0.3, 0.4) is 0 Å². The van der Waals surface area contributed by atoms with Gasteiger partial charge < -0.3 is 5.11 Å². The molecule has 0 spiro atoms. The molecule has 0 atom stereocenters. The number of hydrogen-bond donors (Lipinski definition) is 1. The maximum Gasteiger partial charge on any atom is 0.416 e. The Balaban J connectivity index is 2.96. The second kappa shape index (κ2) is 3.58.